The zero-order valence-corrected chi connectivity index (χ0v) is 16.2. The molecule has 7 heteroatoms. The lowest BCUT2D eigenvalue weighted by Gasteiger charge is -2.28. The molecule has 2 atom stereocenters. The van der Waals surface area contributed by atoms with Gasteiger partial charge in [0.15, 0.2) is 0 Å². The topological polar surface area (TPSA) is 92.8 Å². The summed E-state index contributed by atoms with van der Waals surface area (Å²) in [5, 5.41) is 2.21. The van der Waals surface area contributed by atoms with E-state index in [9.17, 15) is 19.2 Å². The lowest BCUT2D eigenvalue weighted by molar-refractivity contribution is -0.136. The maximum absolute atomic E-state index is 13.2. The Morgan fingerprint density at radius 1 is 0.867 bits per heavy atom. The fourth-order valence-electron chi connectivity index (χ4n) is 4.53. The molecule has 2 aromatic carbocycles. The fraction of sp³-hybridized carbons (Fsp3) is 0.304. The Morgan fingerprint density at radius 2 is 1.67 bits per heavy atom. The predicted molar refractivity (Wildman–Crippen MR) is 106 cm³/mol. The lowest BCUT2D eigenvalue weighted by atomic mass is 9.90. The first kappa shape index (κ1) is 18.5. The van der Waals surface area contributed by atoms with E-state index in [4.69, 9.17) is 4.74 Å². The van der Waals surface area contributed by atoms with Crippen molar-refractivity contribution in [1.29, 1.82) is 0 Å². The summed E-state index contributed by atoms with van der Waals surface area (Å²) >= 11 is 0. The number of nitrogens with zero attached hydrogens (tertiary/aromatic N) is 1. The van der Waals surface area contributed by atoms with Crippen LogP contribution in [0.25, 0.3) is 0 Å². The Morgan fingerprint density at radius 3 is 2.47 bits per heavy atom. The van der Waals surface area contributed by atoms with Crippen LogP contribution in [0.4, 0.5) is 0 Å². The van der Waals surface area contributed by atoms with E-state index in [1.54, 1.807) is 18.2 Å². The van der Waals surface area contributed by atoms with Crippen LogP contribution >= 0.6 is 0 Å². The fourth-order valence-corrected chi connectivity index (χ4v) is 4.53. The van der Waals surface area contributed by atoms with Crippen molar-refractivity contribution in [3.8, 4) is 5.75 Å². The molecule has 2 aliphatic heterocycles. The highest BCUT2D eigenvalue weighted by molar-refractivity contribution is 6.24. The van der Waals surface area contributed by atoms with Crippen LogP contribution in [0.15, 0.2) is 42.5 Å². The molecule has 4 amide bonds. The van der Waals surface area contributed by atoms with E-state index >= 15 is 0 Å². The maximum atomic E-state index is 13.2. The molecule has 0 saturated carbocycles. The third-order valence-corrected chi connectivity index (χ3v) is 6.03. The number of nitrogens with one attached hydrogen (secondary N) is 1. The van der Waals surface area contributed by atoms with Gasteiger partial charge in [0.1, 0.15) is 17.9 Å². The number of hydrogen-bond donors (Lipinski definition) is 1. The van der Waals surface area contributed by atoms with E-state index < -0.39 is 29.7 Å². The molecule has 7 nitrogen and oxygen atoms in total. The minimum atomic E-state index is -0.982. The van der Waals surface area contributed by atoms with Gasteiger partial charge in [0.25, 0.3) is 11.8 Å². The van der Waals surface area contributed by atoms with Crippen LogP contribution < -0.4 is 10.1 Å². The van der Waals surface area contributed by atoms with E-state index in [0.29, 0.717) is 5.75 Å². The number of carbonyl (C=O) groups excluding carboxylic acids is 4. The van der Waals surface area contributed by atoms with Gasteiger partial charge in [-0.1, -0.05) is 30.3 Å². The number of imide groups is 2. The van der Waals surface area contributed by atoms with Crippen LogP contribution in [0, 0.1) is 0 Å². The van der Waals surface area contributed by atoms with Crippen molar-refractivity contribution in [1.82, 2.24) is 10.2 Å². The Bertz CT molecular complexity index is 1090. The number of benzene rings is 2. The highest BCUT2D eigenvalue weighted by atomic mass is 16.5. The summed E-state index contributed by atoms with van der Waals surface area (Å²) in [5.41, 5.74) is 2.98. The zero-order chi connectivity index (χ0) is 20.8. The van der Waals surface area contributed by atoms with Crippen LogP contribution in [0.2, 0.25) is 0 Å². The van der Waals surface area contributed by atoms with E-state index in [2.05, 4.69) is 17.4 Å². The van der Waals surface area contributed by atoms with E-state index in [0.717, 1.165) is 24.2 Å². The Hall–Kier alpha value is -3.48. The van der Waals surface area contributed by atoms with Crippen LogP contribution in [0.3, 0.4) is 0 Å². The zero-order valence-electron chi connectivity index (χ0n) is 16.2. The van der Waals surface area contributed by atoms with Gasteiger partial charge in [-0.05, 0) is 42.5 Å². The van der Waals surface area contributed by atoms with Crippen LogP contribution in [0.1, 0.15) is 51.1 Å². The van der Waals surface area contributed by atoms with Crippen molar-refractivity contribution < 1.29 is 23.9 Å². The molecule has 0 radical (unpaired) electrons. The molecular weight excluding hydrogens is 384 g/mol. The molecule has 152 valence electrons. The van der Waals surface area contributed by atoms with Crippen molar-refractivity contribution in [2.24, 2.45) is 0 Å². The number of amides is 4. The van der Waals surface area contributed by atoms with E-state index in [1.807, 2.05) is 12.1 Å². The quantitative estimate of drug-likeness (QED) is 0.791. The summed E-state index contributed by atoms with van der Waals surface area (Å²) in [6.45, 7) is 0. The van der Waals surface area contributed by atoms with Crippen molar-refractivity contribution >= 4 is 23.6 Å². The van der Waals surface area contributed by atoms with Gasteiger partial charge >= 0.3 is 0 Å². The molecule has 2 aromatic rings. The van der Waals surface area contributed by atoms with Gasteiger partial charge < -0.3 is 4.74 Å². The molecule has 1 unspecified atom stereocenters. The standard InChI is InChI=1S/C23H20N2O5/c26-19-11-10-17(21(27)24-19)25-22(28)16-6-3-7-18(20(16)23(25)29)30-15-9-8-13-4-1-2-5-14(13)12-15/h1-7,15,17H,8-12H2,(H,24,26,27)/t15-,17?/m1/s1. The van der Waals surface area contributed by atoms with Gasteiger partial charge in [-0.3, -0.25) is 29.4 Å². The second-order valence-electron chi connectivity index (χ2n) is 7.88. The van der Waals surface area contributed by atoms with Gasteiger partial charge in [-0.25, -0.2) is 0 Å². The van der Waals surface area contributed by atoms with Crippen molar-refractivity contribution in [2.45, 2.75) is 44.2 Å². The normalized spacial score (nSPS) is 23.1. The average Bonchev–Trinajstić information content (AvgIpc) is 2.99. The van der Waals surface area contributed by atoms with Crippen molar-refractivity contribution in [3.05, 3.63) is 64.7 Å². The monoisotopic (exact) mass is 404 g/mol. The first-order chi connectivity index (χ1) is 14.5. The molecule has 0 spiro atoms. The summed E-state index contributed by atoms with van der Waals surface area (Å²) in [4.78, 5) is 50.7. The number of carbonyl (C=O) groups is 4. The molecule has 1 N–H and O–H groups in total. The molecular formula is C23H20N2O5. The van der Waals surface area contributed by atoms with E-state index in [-0.39, 0.29) is 30.1 Å². The summed E-state index contributed by atoms with van der Waals surface area (Å²) in [7, 11) is 0. The lowest BCUT2D eigenvalue weighted by Crippen LogP contribution is -2.54. The molecule has 1 aliphatic carbocycles. The number of hydrogen-bond acceptors (Lipinski definition) is 5. The highest BCUT2D eigenvalue weighted by Gasteiger charge is 2.46. The number of ether oxygens (including phenoxy) is 1. The second-order valence-corrected chi connectivity index (χ2v) is 7.88. The second kappa shape index (κ2) is 7.09. The molecule has 3 aliphatic rings. The molecule has 0 bridgehead atoms. The van der Waals surface area contributed by atoms with Gasteiger partial charge in [0.2, 0.25) is 11.8 Å². The first-order valence-electron chi connectivity index (χ1n) is 10.1. The summed E-state index contributed by atoms with van der Waals surface area (Å²) in [6, 6.07) is 12.2. The van der Waals surface area contributed by atoms with E-state index in [1.165, 1.54) is 11.1 Å². The minimum Gasteiger partial charge on any atom is -0.489 e. The van der Waals surface area contributed by atoms with Crippen molar-refractivity contribution in [3.63, 3.8) is 0 Å². The number of fused-ring (bicyclic) bond motifs is 2. The summed E-state index contributed by atoms with van der Waals surface area (Å²) in [5.74, 6) is -1.72. The highest BCUT2D eigenvalue weighted by Crippen LogP contribution is 2.35. The number of aryl methyl sites for hydroxylation is 1. The third kappa shape index (κ3) is 2.98. The first-order valence-corrected chi connectivity index (χ1v) is 10.1. The smallest absolute Gasteiger partial charge is 0.266 e. The van der Waals surface area contributed by atoms with Crippen molar-refractivity contribution in [2.75, 3.05) is 0 Å². The third-order valence-electron chi connectivity index (χ3n) is 6.03. The minimum absolute atomic E-state index is 0.0919. The molecule has 2 heterocycles. The van der Waals surface area contributed by atoms with Gasteiger partial charge in [0, 0.05) is 12.8 Å². The SMILES string of the molecule is O=C1CCC(N2C(=O)c3cccc(O[C@@H]4CCc5ccccc5C4)c3C2=O)C(=O)N1. The van der Waals surface area contributed by atoms with Gasteiger partial charge in [0.05, 0.1) is 11.1 Å². The summed E-state index contributed by atoms with van der Waals surface area (Å²) < 4.78 is 6.20. The predicted octanol–water partition coefficient (Wildman–Crippen LogP) is 2.02. The maximum Gasteiger partial charge on any atom is 0.266 e. The largest absolute Gasteiger partial charge is 0.489 e. The molecule has 5 rings (SSSR count). The Kier molecular flexibility index (Phi) is 4.38. The van der Waals surface area contributed by atoms with Crippen LogP contribution in [-0.4, -0.2) is 40.7 Å². The summed E-state index contributed by atoms with van der Waals surface area (Å²) in [6.07, 6.45) is 2.57. The van der Waals surface area contributed by atoms with Gasteiger partial charge in [-0.15, -0.1) is 0 Å². The average molecular weight is 404 g/mol. The molecule has 30 heavy (non-hydrogen) atoms. The molecule has 0 aromatic heterocycles. The molecule has 1 saturated heterocycles. The number of rotatable bonds is 3. The van der Waals surface area contributed by atoms with Gasteiger partial charge in [-0.2, -0.15) is 0 Å². The van der Waals surface area contributed by atoms with Crippen LogP contribution in [0.5, 0.6) is 5.75 Å². The number of piperidine rings is 1. The molecule has 1 fully saturated rings. The Balaban J connectivity index is 1.41. The Labute approximate surface area is 173 Å². The van der Waals surface area contributed by atoms with Crippen LogP contribution in [-0.2, 0) is 22.4 Å².